The van der Waals surface area contributed by atoms with Crippen LogP contribution in [0.5, 0.6) is 0 Å². The van der Waals surface area contributed by atoms with E-state index in [-0.39, 0.29) is 0 Å². The first kappa shape index (κ1) is 33.7. The van der Waals surface area contributed by atoms with Crippen molar-refractivity contribution in [1.29, 1.82) is 0 Å². The highest BCUT2D eigenvalue weighted by molar-refractivity contribution is 6.10. The summed E-state index contributed by atoms with van der Waals surface area (Å²) in [6.07, 6.45) is 12.8. The van der Waals surface area contributed by atoms with Gasteiger partial charge in [-0.05, 0) is 100 Å². The summed E-state index contributed by atoms with van der Waals surface area (Å²) in [6.45, 7) is 0. The Morgan fingerprint density at radius 3 is 1.58 bits per heavy atom. The van der Waals surface area contributed by atoms with Crippen LogP contribution in [0.2, 0.25) is 0 Å². The Kier molecular flexibility index (Phi) is 7.67. The van der Waals surface area contributed by atoms with Crippen LogP contribution in [-0.2, 0) is 0 Å². The number of hydrogen-bond acceptors (Lipinski definition) is 8. The lowest BCUT2D eigenvalue weighted by Crippen LogP contribution is -2.10. The second kappa shape index (κ2) is 13.6. The van der Waals surface area contributed by atoms with Crippen molar-refractivity contribution in [3.8, 4) is 33.8 Å². The van der Waals surface area contributed by atoms with Gasteiger partial charge in [0.1, 0.15) is 11.9 Å². The van der Waals surface area contributed by atoms with Crippen LogP contribution in [0, 0.1) is 0 Å². The molecule has 0 saturated carbocycles. The second-order valence-corrected chi connectivity index (χ2v) is 15.0. The number of benzene rings is 6. The smallest absolute Gasteiger partial charge is 0.230 e. The molecule has 8 nitrogen and oxygen atoms in total. The summed E-state index contributed by atoms with van der Waals surface area (Å²) in [5.41, 5.74) is 10.2. The summed E-state index contributed by atoms with van der Waals surface area (Å²) in [5.74, 6) is 0. The minimum absolute atomic E-state index is 0.576. The normalized spacial score (nSPS) is 11.7. The van der Waals surface area contributed by atoms with E-state index in [1.807, 2.05) is 55.1 Å². The third-order valence-electron chi connectivity index (χ3n) is 11.4. The van der Waals surface area contributed by atoms with Gasteiger partial charge in [0, 0.05) is 97.9 Å². The van der Waals surface area contributed by atoms with Crippen molar-refractivity contribution >= 4 is 82.2 Å². The monoisotopic (exact) mass is 769 g/mol. The summed E-state index contributed by atoms with van der Waals surface area (Å²) < 4.78 is 6.09. The largest absolute Gasteiger partial charge is 0.438 e. The van der Waals surface area contributed by atoms with Gasteiger partial charge in [0.05, 0.1) is 22.5 Å². The molecular weight excluding hydrogens is 739 g/mol. The van der Waals surface area contributed by atoms with Crippen molar-refractivity contribution < 1.29 is 4.42 Å². The van der Waals surface area contributed by atoms with Crippen molar-refractivity contribution in [3.63, 3.8) is 0 Å². The van der Waals surface area contributed by atoms with Gasteiger partial charge in [-0.3, -0.25) is 19.9 Å². The van der Waals surface area contributed by atoms with Crippen molar-refractivity contribution in [1.82, 2.24) is 29.9 Å². The molecule has 0 amide bonds. The number of nitrogens with zero attached hydrogens (tertiary/aromatic N) is 7. The van der Waals surface area contributed by atoms with E-state index in [4.69, 9.17) is 19.4 Å². The predicted molar refractivity (Wildman–Crippen MR) is 242 cm³/mol. The number of fused-ring (bicyclic) bond motifs is 7. The molecule has 6 heterocycles. The molecule has 6 aromatic heterocycles. The van der Waals surface area contributed by atoms with E-state index in [1.54, 1.807) is 18.7 Å². The van der Waals surface area contributed by atoms with E-state index >= 15 is 0 Å². The van der Waals surface area contributed by atoms with Gasteiger partial charge in [-0.1, -0.05) is 66.7 Å². The highest BCUT2D eigenvalue weighted by Crippen LogP contribution is 2.41. The Morgan fingerprint density at radius 1 is 0.400 bits per heavy atom. The first-order valence-electron chi connectivity index (χ1n) is 19.7. The zero-order chi connectivity index (χ0) is 39.6. The van der Waals surface area contributed by atoms with Gasteiger partial charge < -0.3 is 9.32 Å². The summed E-state index contributed by atoms with van der Waals surface area (Å²) in [6, 6.07) is 51.1. The highest BCUT2D eigenvalue weighted by atomic mass is 16.3. The second-order valence-electron chi connectivity index (χ2n) is 15.0. The molecule has 280 valence electrons. The van der Waals surface area contributed by atoms with Gasteiger partial charge in [0.15, 0.2) is 0 Å². The van der Waals surface area contributed by atoms with Crippen LogP contribution in [0.4, 0.5) is 17.1 Å². The Bertz CT molecular complexity index is 3480. The average Bonchev–Trinajstić information content (AvgIpc) is 3.70. The lowest BCUT2D eigenvalue weighted by molar-refractivity contribution is 0.653. The fraction of sp³-hybridized carbons (Fsp3) is 0. The average molecular weight is 770 g/mol. The van der Waals surface area contributed by atoms with E-state index in [9.17, 15) is 0 Å². The molecule has 0 bridgehead atoms. The van der Waals surface area contributed by atoms with E-state index in [2.05, 4.69) is 135 Å². The maximum Gasteiger partial charge on any atom is 0.230 e. The minimum Gasteiger partial charge on any atom is -0.438 e. The summed E-state index contributed by atoms with van der Waals surface area (Å²) in [7, 11) is 0. The number of anilines is 3. The molecule has 0 atom stereocenters. The number of aromatic nitrogens is 6. The number of furan rings is 1. The molecule has 0 aliphatic carbocycles. The number of pyridine rings is 4. The van der Waals surface area contributed by atoms with Crippen LogP contribution in [0.15, 0.2) is 194 Å². The van der Waals surface area contributed by atoms with Gasteiger partial charge in [0.25, 0.3) is 0 Å². The highest BCUT2D eigenvalue weighted by Gasteiger charge is 2.18. The standard InChI is InChI=1S/C52H31N7O/c1-2-4-49-46(3-1)50-51(57-31-58-52(50)60-49)32-9-13-43(14-10-32)59(44-15-11-33-21-37(7-5-35(33)23-44)47-25-41-27-53-19-17-39(41)29-55-47)45-16-12-34-22-38(8-6-36(34)24-45)48-26-42-28-54-20-18-40(42)30-56-48/h1-31H. The SMILES string of the molecule is c1ccc2c(c1)oc1ncnc(-c3ccc(N(c4ccc5cc(-c6cc7cnccc7cn6)ccc5c4)c4ccc5cc(-c6cc7cnccc7cn6)ccc5c4)cc3)c12. The van der Waals surface area contributed by atoms with Gasteiger partial charge in [-0.2, -0.15) is 0 Å². The number of rotatable bonds is 6. The summed E-state index contributed by atoms with van der Waals surface area (Å²) >= 11 is 0. The van der Waals surface area contributed by atoms with E-state index in [0.29, 0.717) is 5.71 Å². The van der Waals surface area contributed by atoms with Gasteiger partial charge in [-0.25, -0.2) is 9.97 Å². The molecule has 0 unspecified atom stereocenters. The molecule has 12 aromatic rings. The molecule has 0 aliphatic heterocycles. The van der Waals surface area contributed by atoms with Crippen LogP contribution >= 0.6 is 0 Å². The molecular formula is C52H31N7O. The molecule has 0 radical (unpaired) electrons. The molecule has 6 aromatic carbocycles. The molecule has 0 fully saturated rings. The Hall–Kier alpha value is -8.36. The lowest BCUT2D eigenvalue weighted by Gasteiger charge is -2.26. The fourth-order valence-electron chi connectivity index (χ4n) is 8.33. The predicted octanol–water partition coefficient (Wildman–Crippen LogP) is 13.0. The van der Waals surface area contributed by atoms with Crippen molar-refractivity contribution in [2.24, 2.45) is 0 Å². The molecule has 0 spiro atoms. The van der Waals surface area contributed by atoms with Gasteiger partial charge in [0.2, 0.25) is 5.71 Å². The van der Waals surface area contributed by atoms with Gasteiger partial charge in [-0.15, -0.1) is 0 Å². The third kappa shape index (κ3) is 5.77. The van der Waals surface area contributed by atoms with Crippen LogP contribution in [0.3, 0.4) is 0 Å². The van der Waals surface area contributed by atoms with E-state index in [0.717, 1.165) is 110 Å². The van der Waals surface area contributed by atoms with Crippen molar-refractivity contribution in [2.45, 2.75) is 0 Å². The lowest BCUT2D eigenvalue weighted by atomic mass is 10.0. The van der Waals surface area contributed by atoms with Crippen LogP contribution < -0.4 is 4.90 Å². The first-order valence-corrected chi connectivity index (χ1v) is 19.7. The Labute approximate surface area is 343 Å². The number of hydrogen-bond donors (Lipinski definition) is 0. The molecule has 12 rings (SSSR count). The zero-order valence-electron chi connectivity index (χ0n) is 31.9. The number of para-hydroxylation sites is 1. The third-order valence-corrected chi connectivity index (χ3v) is 11.4. The van der Waals surface area contributed by atoms with Gasteiger partial charge >= 0.3 is 0 Å². The maximum atomic E-state index is 6.09. The topological polar surface area (TPSA) is 93.7 Å². The minimum atomic E-state index is 0.576. The Balaban J connectivity index is 0.955. The van der Waals surface area contributed by atoms with E-state index in [1.165, 1.54) is 0 Å². The van der Waals surface area contributed by atoms with Crippen LogP contribution in [-0.4, -0.2) is 29.9 Å². The van der Waals surface area contributed by atoms with E-state index < -0.39 is 0 Å². The van der Waals surface area contributed by atoms with Crippen LogP contribution in [0.25, 0.3) is 98.9 Å². The quantitative estimate of drug-likeness (QED) is 0.165. The molecule has 0 N–H and O–H groups in total. The first-order chi connectivity index (χ1) is 29.7. The summed E-state index contributed by atoms with van der Waals surface area (Å²) in [4.78, 5) is 29.7. The zero-order valence-corrected chi connectivity index (χ0v) is 31.9. The molecule has 0 saturated heterocycles. The van der Waals surface area contributed by atoms with Crippen LogP contribution in [0.1, 0.15) is 0 Å². The fourth-order valence-corrected chi connectivity index (χ4v) is 8.33. The molecule has 60 heavy (non-hydrogen) atoms. The van der Waals surface area contributed by atoms with Crippen molar-refractivity contribution in [3.05, 3.63) is 189 Å². The molecule has 8 heteroatoms. The Morgan fingerprint density at radius 2 is 0.950 bits per heavy atom. The maximum absolute atomic E-state index is 6.09. The summed E-state index contributed by atoms with van der Waals surface area (Å²) in [5, 5.41) is 10.7. The molecule has 0 aliphatic rings. The van der Waals surface area contributed by atoms with Crippen molar-refractivity contribution in [2.75, 3.05) is 4.90 Å².